The molecule has 0 saturated heterocycles. The number of aliphatic hydroxyl groups is 1. The fourth-order valence-electron chi connectivity index (χ4n) is 2.37. The highest BCUT2D eigenvalue weighted by Gasteiger charge is 2.30. The highest BCUT2D eigenvalue weighted by atomic mass is 16.3. The molecule has 0 bridgehead atoms. The van der Waals surface area contributed by atoms with Gasteiger partial charge in [0.15, 0.2) is 6.23 Å². The molecule has 1 N–H and O–H groups in total. The molecule has 5 heteroatoms. The van der Waals surface area contributed by atoms with Crippen LogP contribution < -0.4 is 11.1 Å². The number of fused-ring (bicyclic) bond motifs is 2. The summed E-state index contributed by atoms with van der Waals surface area (Å²) in [5.74, 6) is -0.128. The Morgan fingerprint density at radius 1 is 1.18 bits per heavy atom. The lowest BCUT2D eigenvalue weighted by molar-refractivity contribution is 0.0649. The lowest BCUT2D eigenvalue weighted by Gasteiger charge is -2.11. The minimum atomic E-state index is -0.917. The number of rotatable bonds is 0. The van der Waals surface area contributed by atoms with Gasteiger partial charge in [0.1, 0.15) is 0 Å². The van der Waals surface area contributed by atoms with Crippen molar-refractivity contribution in [1.82, 2.24) is 9.36 Å². The summed E-state index contributed by atoms with van der Waals surface area (Å²) in [6, 6.07) is 6.70. The van der Waals surface area contributed by atoms with Crippen molar-refractivity contribution in [3.05, 3.63) is 45.0 Å². The van der Waals surface area contributed by atoms with Crippen LogP contribution in [0.3, 0.4) is 0 Å². The van der Waals surface area contributed by atoms with Crippen LogP contribution in [0, 0.1) is 5.92 Å². The number of hydrogen-bond donors (Lipinski definition) is 1. The first-order chi connectivity index (χ1) is 8.11. The van der Waals surface area contributed by atoms with Crippen molar-refractivity contribution >= 4 is 10.8 Å². The second kappa shape index (κ2) is 3.30. The highest BCUT2D eigenvalue weighted by Crippen LogP contribution is 2.21. The average Bonchev–Trinajstić information content (AvgIpc) is 2.64. The summed E-state index contributed by atoms with van der Waals surface area (Å²) in [5.41, 5.74) is -0.527. The lowest BCUT2D eigenvalue weighted by Crippen LogP contribution is -2.35. The van der Waals surface area contributed by atoms with Gasteiger partial charge in [-0.3, -0.25) is 9.59 Å². The normalized spacial score (nSPS) is 22.9. The van der Waals surface area contributed by atoms with Crippen LogP contribution in [0.15, 0.2) is 33.9 Å². The van der Waals surface area contributed by atoms with Crippen molar-refractivity contribution in [3.63, 3.8) is 0 Å². The van der Waals surface area contributed by atoms with Crippen LogP contribution >= 0.6 is 0 Å². The zero-order valence-electron chi connectivity index (χ0n) is 9.33. The van der Waals surface area contributed by atoms with Gasteiger partial charge in [0.25, 0.3) is 11.1 Å². The maximum atomic E-state index is 12.2. The SMILES string of the molecule is CC1Cn2c(=O)c3ccccc3c(=O)n2C1O. The molecule has 0 aliphatic carbocycles. The van der Waals surface area contributed by atoms with E-state index in [-0.39, 0.29) is 17.0 Å². The van der Waals surface area contributed by atoms with Gasteiger partial charge in [-0.05, 0) is 12.1 Å². The molecule has 88 valence electrons. The number of hydrogen-bond acceptors (Lipinski definition) is 3. The predicted octanol–water partition coefficient (Wildman–Crippen LogP) is 0.304. The van der Waals surface area contributed by atoms with Crippen LogP contribution in [0.25, 0.3) is 10.8 Å². The van der Waals surface area contributed by atoms with E-state index in [1.807, 2.05) is 6.92 Å². The van der Waals surface area contributed by atoms with Crippen LogP contribution in [0.1, 0.15) is 13.2 Å². The highest BCUT2D eigenvalue weighted by molar-refractivity contribution is 5.80. The van der Waals surface area contributed by atoms with Crippen molar-refractivity contribution < 1.29 is 5.11 Å². The molecule has 0 saturated carbocycles. The van der Waals surface area contributed by atoms with Crippen molar-refractivity contribution in [2.45, 2.75) is 19.7 Å². The van der Waals surface area contributed by atoms with E-state index in [1.165, 1.54) is 4.68 Å². The number of nitrogens with zero attached hydrogens (tertiary/aromatic N) is 2. The molecule has 17 heavy (non-hydrogen) atoms. The van der Waals surface area contributed by atoms with E-state index in [0.717, 1.165) is 4.68 Å². The first kappa shape index (κ1) is 10.3. The molecule has 2 atom stereocenters. The molecule has 1 aliphatic heterocycles. The molecular formula is C12H12N2O3. The largest absolute Gasteiger partial charge is 0.371 e. The molecule has 3 rings (SSSR count). The molecule has 0 fully saturated rings. The Hall–Kier alpha value is -1.88. The second-order valence-corrected chi connectivity index (χ2v) is 4.47. The minimum absolute atomic E-state index is 0.128. The summed E-state index contributed by atoms with van der Waals surface area (Å²) in [4.78, 5) is 24.3. The molecule has 1 aromatic heterocycles. The zero-order chi connectivity index (χ0) is 12.2. The minimum Gasteiger partial charge on any atom is -0.371 e. The Bertz CT molecular complexity index is 714. The first-order valence-electron chi connectivity index (χ1n) is 5.53. The molecule has 0 radical (unpaired) electrons. The Kier molecular flexibility index (Phi) is 2.00. The first-order valence-corrected chi connectivity index (χ1v) is 5.53. The molecule has 5 nitrogen and oxygen atoms in total. The molecule has 1 aliphatic rings. The Labute approximate surface area is 96.5 Å². The Morgan fingerprint density at radius 2 is 1.76 bits per heavy atom. The smallest absolute Gasteiger partial charge is 0.275 e. The number of aliphatic hydroxyl groups excluding tert-OH is 1. The van der Waals surface area contributed by atoms with Crippen LogP contribution in [0.2, 0.25) is 0 Å². The van der Waals surface area contributed by atoms with E-state index in [0.29, 0.717) is 17.3 Å². The predicted molar refractivity (Wildman–Crippen MR) is 62.9 cm³/mol. The fourth-order valence-corrected chi connectivity index (χ4v) is 2.37. The van der Waals surface area contributed by atoms with E-state index in [9.17, 15) is 14.7 Å². The molecule has 2 aromatic rings. The van der Waals surface area contributed by atoms with Gasteiger partial charge >= 0.3 is 0 Å². The van der Waals surface area contributed by atoms with E-state index in [4.69, 9.17) is 0 Å². The summed E-state index contributed by atoms with van der Waals surface area (Å²) in [6.45, 7) is 2.19. The van der Waals surface area contributed by atoms with E-state index >= 15 is 0 Å². The van der Waals surface area contributed by atoms with Gasteiger partial charge in [-0.2, -0.15) is 0 Å². The van der Waals surface area contributed by atoms with Crippen LogP contribution in [-0.4, -0.2) is 14.5 Å². The quantitative estimate of drug-likeness (QED) is 0.710. The second-order valence-electron chi connectivity index (χ2n) is 4.47. The summed E-state index contributed by atoms with van der Waals surface area (Å²) in [5, 5.41) is 10.7. The Balaban J connectivity index is 2.53. The van der Waals surface area contributed by atoms with E-state index in [1.54, 1.807) is 24.3 Å². The van der Waals surface area contributed by atoms with Gasteiger partial charge in [0, 0.05) is 5.92 Å². The van der Waals surface area contributed by atoms with Crippen molar-refractivity contribution in [3.8, 4) is 0 Å². The number of aromatic nitrogens is 2. The molecular weight excluding hydrogens is 220 g/mol. The van der Waals surface area contributed by atoms with E-state index in [2.05, 4.69) is 0 Å². The van der Waals surface area contributed by atoms with Gasteiger partial charge in [0.05, 0.1) is 17.3 Å². The molecule has 2 unspecified atom stereocenters. The van der Waals surface area contributed by atoms with Crippen LogP contribution in [0.5, 0.6) is 0 Å². The molecule has 0 spiro atoms. The van der Waals surface area contributed by atoms with Crippen molar-refractivity contribution in [2.24, 2.45) is 5.92 Å². The third kappa shape index (κ3) is 1.23. The third-order valence-corrected chi connectivity index (χ3v) is 3.31. The fraction of sp³-hybridized carbons (Fsp3) is 0.333. The van der Waals surface area contributed by atoms with Crippen LogP contribution in [0.4, 0.5) is 0 Å². The molecule has 1 aromatic carbocycles. The maximum Gasteiger partial charge on any atom is 0.275 e. The van der Waals surface area contributed by atoms with Crippen LogP contribution in [-0.2, 0) is 6.54 Å². The van der Waals surface area contributed by atoms with Gasteiger partial charge in [0.2, 0.25) is 0 Å². The molecule has 0 amide bonds. The van der Waals surface area contributed by atoms with Crippen molar-refractivity contribution in [1.29, 1.82) is 0 Å². The summed E-state index contributed by atoms with van der Waals surface area (Å²) >= 11 is 0. The lowest BCUT2D eigenvalue weighted by atomic mass is 10.2. The van der Waals surface area contributed by atoms with Gasteiger partial charge in [-0.1, -0.05) is 19.1 Å². The Morgan fingerprint density at radius 3 is 2.41 bits per heavy atom. The van der Waals surface area contributed by atoms with E-state index < -0.39 is 6.23 Å². The molecule has 2 heterocycles. The standard InChI is InChI=1S/C12H12N2O3/c1-7-6-13-11(16)8-4-2-3-5-9(8)12(17)14(13)10(7)15/h2-5,7,10,15H,6H2,1H3. The van der Waals surface area contributed by atoms with Gasteiger partial charge < -0.3 is 5.11 Å². The monoisotopic (exact) mass is 232 g/mol. The van der Waals surface area contributed by atoms with Crippen molar-refractivity contribution in [2.75, 3.05) is 0 Å². The summed E-state index contributed by atoms with van der Waals surface area (Å²) in [7, 11) is 0. The average molecular weight is 232 g/mol. The maximum absolute atomic E-state index is 12.2. The zero-order valence-corrected chi connectivity index (χ0v) is 9.33. The topological polar surface area (TPSA) is 64.2 Å². The van der Waals surface area contributed by atoms with Gasteiger partial charge in [-0.25, -0.2) is 9.36 Å². The van der Waals surface area contributed by atoms with Gasteiger partial charge in [-0.15, -0.1) is 0 Å². The summed E-state index contributed by atoms with van der Waals surface area (Å²) < 4.78 is 2.50. The third-order valence-electron chi connectivity index (χ3n) is 3.31. The number of benzene rings is 1. The summed E-state index contributed by atoms with van der Waals surface area (Å²) in [6.07, 6.45) is -0.917.